The third-order valence-corrected chi connectivity index (χ3v) is 3.17. The van der Waals surface area contributed by atoms with Crippen molar-refractivity contribution < 1.29 is 9.90 Å². The first kappa shape index (κ1) is 14.8. The number of hydrogen-bond acceptors (Lipinski definition) is 5. The number of rotatable bonds is 6. The lowest BCUT2D eigenvalue weighted by Gasteiger charge is -2.07. The summed E-state index contributed by atoms with van der Waals surface area (Å²) in [6, 6.07) is 0. The van der Waals surface area contributed by atoms with Gasteiger partial charge in [0.05, 0.1) is 6.20 Å². The lowest BCUT2D eigenvalue weighted by molar-refractivity contribution is -0.137. The Morgan fingerprint density at radius 2 is 2.24 bits per heavy atom. The van der Waals surface area contributed by atoms with Crippen molar-refractivity contribution in [3.8, 4) is 0 Å². The van der Waals surface area contributed by atoms with Crippen molar-refractivity contribution in [1.29, 1.82) is 0 Å². The Morgan fingerprint density at radius 1 is 1.48 bits per heavy atom. The molecule has 0 unspecified atom stereocenters. The molecule has 2 aromatic heterocycles. The molecule has 8 heteroatoms. The average molecular weight is 291 g/mol. The smallest absolute Gasteiger partial charge is 0.323 e. The molecule has 0 saturated carbocycles. The van der Waals surface area contributed by atoms with Gasteiger partial charge in [-0.05, 0) is 13.8 Å². The molecule has 21 heavy (non-hydrogen) atoms. The van der Waals surface area contributed by atoms with Crippen molar-refractivity contribution in [3.05, 3.63) is 40.2 Å². The zero-order valence-corrected chi connectivity index (χ0v) is 11.9. The second-order valence-electron chi connectivity index (χ2n) is 4.53. The van der Waals surface area contributed by atoms with Crippen molar-refractivity contribution in [3.63, 3.8) is 0 Å². The fourth-order valence-corrected chi connectivity index (χ4v) is 2.00. The molecule has 0 aliphatic carbocycles. The highest BCUT2D eigenvalue weighted by Gasteiger charge is 2.09. The monoisotopic (exact) mass is 291 g/mol. The summed E-state index contributed by atoms with van der Waals surface area (Å²) in [6.07, 6.45) is 4.49. The van der Waals surface area contributed by atoms with Crippen LogP contribution in [0.1, 0.15) is 18.2 Å². The molecule has 0 aliphatic rings. The number of nitrogens with zero attached hydrogens (tertiary/aromatic N) is 4. The van der Waals surface area contributed by atoms with Crippen LogP contribution in [0.25, 0.3) is 0 Å². The van der Waals surface area contributed by atoms with E-state index in [1.54, 1.807) is 6.20 Å². The minimum Gasteiger partial charge on any atom is -0.480 e. The molecule has 0 aromatic carbocycles. The van der Waals surface area contributed by atoms with E-state index in [1.807, 2.05) is 18.5 Å². The van der Waals surface area contributed by atoms with E-state index in [4.69, 9.17) is 5.11 Å². The van der Waals surface area contributed by atoms with Crippen molar-refractivity contribution in [2.75, 3.05) is 5.32 Å². The summed E-state index contributed by atoms with van der Waals surface area (Å²) in [5, 5.41) is 15.9. The summed E-state index contributed by atoms with van der Waals surface area (Å²) in [7, 11) is 0. The van der Waals surface area contributed by atoms with Gasteiger partial charge in [0.1, 0.15) is 6.54 Å². The number of carbonyl (C=O) groups is 1. The number of carboxylic acid groups (broad SMARTS) is 1. The summed E-state index contributed by atoms with van der Waals surface area (Å²) in [5.74, 6) is -0.947. The first-order valence-electron chi connectivity index (χ1n) is 6.55. The van der Waals surface area contributed by atoms with Crippen LogP contribution in [0.3, 0.4) is 0 Å². The normalized spacial score (nSPS) is 10.6. The van der Waals surface area contributed by atoms with Gasteiger partial charge < -0.3 is 10.4 Å². The van der Waals surface area contributed by atoms with Gasteiger partial charge in [0.15, 0.2) is 5.82 Å². The third-order valence-electron chi connectivity index (χ3n) is 3.17. The van der Waals surface area contributed by atoms with E-state index in [0.717, 1.165) is 22.4 Å². The van der Waals surface area contributed by atoms with Crippen LogP contribution in [-0.4, -0.2) is 30.4 Å². The highest BCUT2D eigenvalue weighted by molar-refractivity contribution is 5.66. The van der Waals surface area contributed by atoms with Crippen LogP contribution in [0.4, 0.5) is 5.82 Å². The zero-order valence-electron chi connectivity index (χ0n) is 11.9. The maximum Gasteiger partial charge on any atom is 0.323 e. The first-order valence-corrected chi connectivity index (χ1v) is 6.55. The van der Waals surface area contributed by atoms with Gasteiger partial charge in [-0.15, -0.1) is 0 Å². The fraction of sp³-hybridized carbons (Fsp3) is 0.385. The molecule has 2 rings (SSSR count). The van der Waals surface area contributed by atoms with Crippen molar-refractivity contribution in [1.82, 2.24) is 19.3 Å². The molecule has 0 atom stereocenters. The van der Waals surface area contributed by atoms with Crippen LogP contribution in [0, 0.1) is 6.92 Å². The minimum atomic E-state index is -1.07. The third kappa shape index (κ3) is 3.28. The van der Waals surface area contributed by atoms with Gasteiger partial charge >= 0.3 is 5.97 Å². The quantitative estimate of drug-likeness (QED) is 0.802. The number of anilines is 1. The van der Waals surface area contributed by atoms with Gasteiger partial charge in [-0.1, -0.05) is 0 Å². The topological polar surface area (TPSA) is 102 Å². The molecule has 0 bridgehead atoms. The first-order chi connectivity index (χ1) is 10.0. The maximum absolute atomic E-state index is 12.0. The molecular formula is C13H17N5O3. The molecule has 0 saturated heterocycles. The van der Waals surface area contributed by atoms with E-state index in [2.05, 4.69) is 15.4 Å². The Balaban J connectivity index is 2.15. The van der Waals surface area contributed by atoms with E-state index in [-0.39, 0.29) is 12.4 Å². The van der Waals surface area contributed by atoms with Gasteiger partial charge in [0.2, 0.25) is 0 Å². The maximum atomic E-state index is 12.0. The SMILES string of the molecule is CCn1ncc(CNc2nccn(CC(=O)O)c2=O)c1C. The van der Waals surface area contributed by atoms with E-state index in [1.165, 1.54) is 12.4 Å². The number of aromatic nitrogens is 4. The Morgan fingerprint density at radius 3 is 2.86 bits per heavy atom. The Bertz CT molecular complexity index is 704. The Kier molecular flexibility index (Phi) is 4.36. The number of nitrogens with one attached hydrogen (secondary N) is 1. The Labute approximate surface area is 121 Å². The predicted molar refractivity (Wildman–Crippen MR) is 76.1 cm³/mol. The van der Waals surface area contributed by atoms with Crippen molar-refractivity contribution in [2.24, 2.45) is 0 Å². The van der Waals surface area contributed by atoms with Gasteiger partial charge in [-0.3, -0.25) is 18.8 Å². The molecule has 0 radical (unpaired) electrons. The van der Waals surface area contributed by atoms with Crippen LogP contribution < -0.4 is 10.9 Å². The van der Waals surface area contributed by atoms with Crippen molar-refractivity contribution in [2.45, 2.75) is 33.5 Å². The highest BCUT2D eigenvalue weighted by atomic mass is 16.4. The van der Waals surface area contributed by atoms with Crippen LogP contribution in [-0.2, 0) is 24.4 Å². The minimum absolute atomic E-state index is 0.127. The summed E-state index contributed by atoms with van der Waals surface area (Å²) in [4.78, 5) is 26.7. The van der Waals surface area contributed by atoms with Crippen molar-refractivity contribution >= 4 is 11.8 Å². The highest BCUT2D eigenvalue weighted by Crippen LogP contribution is 2.08. The molecule has 0 spiro atoms. The van der Waals surface area contributed by atoms with E-state index >= 15 is 0 Å². The number of aliphatic carboxylic acids is 1. The van der Waals surface area contributed by atoms with Crippen LogP contribution in [0.15, 0.2) is 23.4 Å². The summed E-state index contributed by atoms with van der Waals surface area (Å²) < 4.78 is 2.96. The lowest BCUT2D eigenvalue weighted by atomic mass is 10.2. The fourth-order valence-electron chi connectivity index (χ4n) is 2.00. The summed E-state index contributed by atoms with van der Waals surface area (Å²) in [5.41, 5.74) is 1.53. The van der Waals surface area contributed by atoms with Gasteiger partial charge in [-0.25, -0.2) is 4.98 Å². The molecule has 8 nitrogen and oxygen atoms in total. The lowest BCUT2D eigenvalue weighted by Crippen LogP contribution is -2.27. The molecule has 2 N–H and O–H groups in total. The van der Waals surface area contributed by atoms with Crippen LogP contribution in [0.5, 0.6) is 0 Å². The molecular weight excluding hydrogens is 274 g/mol. The molecule has 0 aliphatic heterocycles. The zero-order chi connectivity index (χ0) is 15.4. The van der Waals surface area contributed by atoms with E-state index < -0.39 is 11.5 Å². The number of carboxylic acids is 1. The average Bonchev–Trinajstić information content (AvgIpc) is 2.80. The second kappa shape index (κ2) is 6.21. The molecule has 112 valence electrons. The van der Waals surface area contributed by atoms with Gasteiger partial charge in [-0.2, -0.15) is 5.10 Å². The van der Waals surface area contributed by atoms with E-state index in [9.17, 15) is 9.59 Å². The summed E-state index contributed by atoms with van der Waals surface area (Å²) >= 11 is 0. The predicted octanol–water partition coefficient (Wildman–Crippen LogP) is 0.465. The molecule has 2 heterocycles. The van der Waals surface area contributed by atoms with Gasteiger partial charge in [0, 0.05) is 36.7 Å². The largest absolute Gasteiger partial charge is 0.480 e. The van der Waals surface area contributed by atoms with Crippen LogP contribution in [0.2, 0.25) is 0 Å². The standard InChI is InChI=1S/C13H17N5O3/c1-3-18-9(2)10(7-16-18)6-15-12-13(21)17(5-4-14-12)8-11(19)20/h4-5,7H,3,6,8H2,1-2H3,(H,14,15)(H,19,20). The van der Waals surface area contributed by atoms with Gasteiger partial charge in [0.25, 0.3) is 5.56 Å². The molecule has 2 aromatic rings. The second-order valence-corrected chi connectivity index (χ2v) is 4.53. The molecule has 0 fully saturated rings. The molecule has 0 amide bonds. The summed E-state index contributed by atoms with van der Waals surface area (Å²) in [6.45, 7) is 4.75. The number of aryl methyl sites for hydroxylation is 1. The van der Waals surface area contributed by atoms with E-state index in [0.29, 0.717) is 6.54 Å². The van der Waals surface area contributed by atoms with Crippen LogP contribution >= 0.6 is 0 Å². The Hall–Kier alpha value is -2.64. The number of hydrogen-bond donors (Lipinski definition) is 2.